The van der Waals surface area contributed by atoms with Gasteiger partial charge in [0.1, 0.15) is 6.61 Å². The van der Waals surface area contributed by atoms with Gasteiger partial charge >= 0.3 is 0 Å². The van der Waals surface area contributed by atoms with Crippen molar-refractivity contribution in [3.63, 3.8) is 0 Å². The number of piperazine rings is 1. The first kappa shape index (κ1) is 17.0. The average molecular weight is 345 g/mol. The van der Waals surface area contributed by atoms with Crippen molar-refractivity contribution in [1.82, 2.24) is 19.9 Å². The Morgan fingerprint density at radius 2 is 1.96 bits per heavy atom. The Kier molecular flexibility index (Phi) is 6.26. The zero-order chi connectivity index (χ0) is 16.6. The van der Waals surface area contributed by atoms with Crippen molar-refractivity contribution in [1.29, 1.82) is 0 Å². The maximum absolute atomic E-state index is 5.90. The van der Waals surface area contributed by atoms with Gasteiger partial charge in [0, 0.05) is 68.8 Å². The number of aromatic nitrogens is 3. The summed E-state index contributed by atoms with van der Waals surface area (Å²) >= 11 is 1.90. The molecule has 128 valence electrons. The van der Waals surface area contributed by atoms with Crippen molar-refractivity contribution in [3.05, 3.63) is 42.5 Å². The van der Waals surface area contributed by atoms with Crippen LogP contribution in [0.5, 0.6) is 5.88 Å². The first-order chi connectivity index (χ1) is 11.9. The summed E-state index contributed by atoms with van der Waals surface area (Å²) in [4.78, 5) is 17.7. The minimum absolute atomic E-state index is 0.452. The van der Waals surface area contributed by atoms with E-state index in [4.69, 9.17) is 4.74 Å². The highest BCUT2D eigenvalue weighted by Crippen LogP contribution is 2.24. The summed E-state index contributed by atoms with van der Waals surface area (Å²) in [6.45, 7) is 5.62. The van der Waals surface area contributed by atoms with E-state index in [-0.39, 0.29) is 0 Å². The molecule has 2 aromatic heterocycles. The topological polar surface area (TPSA) is 54.4 Å². The molecule has 0 atom stereocenters. The van der Waals surface area contributed by atoms with Crippen molar-refractivity contribution in [2.24, 2.45) is 0 Å². The van der Waals surface area contributed by atoms with Crippen molar-refractivity contribution in [2.75, 3.05) is 49.6 Å². The average Bonchev–Trinajstić information content (AvgIpc) is 2.66. The number of rotatable bonds is 7. The number of nitrogens with zero attached hydrogens (tertiary/aromatic N) is 5. The number of thioether (sulfide) groups is 1. The number of pyridine rings is 1. The fraction of sp³-hybridized carbons (Fsp3) is 0.471. The summed E-state index contributed by atoms with van der Waals surface area (Å²) < 4.78 is 5.90. The Labute approximate surface area is 147 Å². The first-order valence-corrected chi connectivity index (χ1v) is 9.55. The van der Waals surface area contributed by atoms with Gasteiger partial charge in [0.15, 0.2) is 5.82 Å². The lowest BCUT2D eigenvalue weighted by Gasteiger charge is -2.35. The summed E-state index contributed by atoms with van der Waals surface area (Å²) in [5.41, 5.74) is 1.02. The van der Waals surface area contributed by atoms with E-state index in [9.17, 15) is 0 Å². The maximum Gasteiger partial charge on any atom is 0.257 e. The second kappa shape index (κ2) is 8.84. The molecule has 0 unspecified atom stereocenters. The van der Waals surface area contributed by atoms with Crippen molar-refractivity contribution in [2.45, 2.75) is 6.61 Å². The zero-order valence-electron chi connectivity index (χ0n) is 14.0. The van der Waals surface area contributed by atoms with Gasteiger partial charge in [-0.1, -0.05) is 6.07 Å². The minimum atomic E-state index is 0.452. The van der Waals surface area contributed by atoms with Crippen LogP contribution in [-0.4, -0.2) is 64.6 Å². The van der Waals surface area contributed by atoms with Crippen LogP contribution in [0, 0.1) is 0 Å². The molecule has 3 rings (SSSR count). The zero-order valence-corrected chi connectivity index (χ0v) is 14.8. The number of hydrogen-bond acceptors (Lipinski definition) is 7. The Hall–Kier alpha value is -1.86. The van der Waals surface area contributed by atoms with Gasteiger partial charge in [0.25, 0.3) is 5.88 Å². The largest absolute Gasteiger partial charge is 0.470 e. The molecule has 2 aromatic rings. The molecule has 6 nitrogen and oxygen atoms in total. The third kappa shape index (κ3) is 4.58. The molecule has 0 bridgehead atoms. The predicted octanol–water partition coefficient (Wildman–Crippen LogP) is 1.94. The fourth-order valence-electron chi connectivity index (χ4n) is 2.68. The predicted molar refractivity (Wildman–Crippen MR) is 97.6 cm³/mol. The molecule has 24 heavy (non-hydrogen) atoms. The molecule has 0 amide bonds. The molecule has 7 heteroatoms. The van der Waals surface area contributed by atoms with E-state index < -0.39 is 0 Å². The summed E-state index contributed by atoms with van der Waals surface area (Å²) in [5, 5.41) is 0. The Balaban J connectivity index is 1.60. The van der Waals surface area contributed by atoms with Crippen LogP contribution in [0.3, 0.4) is 0 Å². The highest BCUT2D eigenvalue weighted by molar-refractivity contribution is 7.98. The number of hydrogen-bond donors (Lipinski definition) is 0. The van der Waals surface area contributed by atoms with E-state index in [0.717, 1.165) is 44.1 Å². The summed E-state index contributed by atoms with van der Waals surface area (Å²) in [5.74, 6) is 2.62. The molecule has 1 saturated heterocycles. The van der Waals surface area contributed by atoms with Crippen LogP contribution < -0.4 is 9.64 Å². The SMILES string of the molecule is CSCCN1CCN(c2nccnc2OCc2cccnc2)CC1. The van der Waals surface area contributed by atoms with Gasteiger partial charge in [0.05, 0.1) is 0 Å². The van der Waals surface area contributed by atoms with E-state index in [1.807, 2.05) is 23.9 Å². The fourth-order valence-corrected chi connectivity index (χ4v) is 3.12. The van der Waals surface area contributed by atoms with Gasteiger partial charge in [-0.2, -0.15) is 11.8 Å². The molecule has 3 heterocycles. The van der Waals surface area contributed by atoms with Gasteiger partial charge in [0.2, 0.25) is 0 Å². The van der Waals surface area contributed by atoms with E-state index in [1.54, 1.807) is 24.8 Å². The molecular weight excluding hydrogens is 322 g/mol. The minimum Gasteiger partial charge on any atom is -0.470 e. The second-order valence-corrected chi connectivity index (χ2v) is 6.64. The van der Waals surface area contributed by atoms with Crippen LogP contribution >= 0.6 is 11.8 Å². The molecule has 0 saturated carbocycles. The third-order valence-corrected chi connectivity index (χ3v) is 4.62. The van der Waals surface area contributed by atoms with Crippen molar-refractivity contribution in [3.8, 4) is 5.88 Å². The van der Waals surface area contributed by atoms with Crippen molar-refractivity contribution < 1.29 is 4.74 Å². The highest BCUT2D eigenvalue weighted by atomic mass is 32.2. The molecule has 1 fully saturated rings. The van der Waals surface area contributed by atoms with Gasteiger partial charge in [-0.25, -0.2) is 9.97 Å². The number of ether oxygens (including phenoxy) is 1. The second-order valence-electron chi connectivity index (χ2n) is 5.66. The molecule has 0 aliphatic carbocycles. The summed E-state index contributed by atoms with van der Waals surface area (Å²) in [6.07, 6.45) is 9.12. The van der Waals surface area contributed by atoms with Gasteiger partial charge in [-0.15, -0.1) is 0 Å². The van der Waals surface area contributed by atoms with Gasteiger partial charge in [-0.3, -0.25) is 9.88 Å². The molecule has 1 aliphatic rings. The monoisotopic (exact) mass is 345 g/mol. The highest BCUT2D eigenvalue weighted by Gasteiger charge is 2.21. The first-order valence-electron chi connectivity index (χ1n) is 8.16. The standard InChI is InChI=1S/C17H23N5OS/c1-24-12-11-21-7-9-22(10-8-21)16-17(20-6-5-19-16)23-14-15-3-2-4-18-13-15/h2-6,13H,7-12,14H2,1H3. The quantitative estimate of drug-likeness (QED) is 0.760. The van der Waals surface area contributed by atoms with Crippen LogP contribution in [0.1, 0.15) is 5.56 Å². The lowest BCUT2D eigenvalue weighted by Crippen LogP contribution is -2.47. The third-order valence-electron chi connectivity index (χ3n) is 4.03. The Morgan fingerprint density at radius 3 is 2.71 bits per heavy atom. The van der Waals surface area contributed by atoms with Crippen LogP contribution in [0.4, 0.5) is 5.82 Å². The lowest BCUT2D eigenvalue weighted by molar-refractivity contribution is 0.266. The summed E-state index contributed by atoms with van der Waals surface area (Å²) in [6, 6.07) is 3.90. The molecule has 1 aliphatic heterocycles. The van der Waals surface area contributed by atoms with Crippen LogP contribution in [0.15, 0.2) is 36.9 Å². The smallest absolute Gasteiger partial charge is 0.257 e. The maximum atomic E-state index is 5.90. The molecular formula is C17H23N5OS. The van der Waals surface area contributed by atoms with Gasteiger partial charge < -0.3 is 9.64 Å². The molecule has 0 spiro atoms. The van der Waals surface area contributed by atoms with E-state index in [2.05, 4.69) is 31.0 Å². The van der Waals surface area contributed by atoms with E-state index >= 15 is 0 Å². The molecule has 0 N–H and O–H groups in total. The summed E-state index contributed by atoms with van der Waals surface area (Å²) in [7, 11) is 0. The van der Waals surface area contributed by atoms with E-state index in [1.165, 1.54) is 5.75 Å². The van der Waals surface area contributed by atoms with Crippen molar-refractivity contribution >= 4 is 17.6 Å². The van der Waals surface area contributed by atoms with Crippen LogP contribution in [-0.2, 0) is 6.61 Å². The normalized spacial score (nSPS) is 15.5. The van der Waals surface area contributed by atoms with E-state index in [0.29, 0.717) is 12.5 Å². The number of anilines is 1. The molecule has 0 aromatic carbocycles. The van der Waals surface area contributed by atoms with Crippen LogP contribution in [0.25, 0.3) is 0 Å². The van der Waals surface area contributed by atoms with Gasteiger partial charge in [-0.05, 0) is 12.3 Å². The van der Waals surface area contributed by atoms with Crippen LogP contribution in [0.2, 0.25) is 0 Å². The Morgan fingerprint density at radius 1 is 1.12 bits per heavy atom. The Bertz CT molecular complexity index is 619. The molecule has 0 radical (unpaired) electrons. The lowest BCUT2D eigenvalue weighted by atomic mass is 10.3.